The van der Waals surface area contributed by atoms with E-state index in [0.717, 1.165) is 24.8 Å². The topological polar surface area (TPSA) is 87.9 Å². The van der Waals surface area contributed by atoms with Crippen LogP contribution in [0.25, 0.3) is 16.9 Å². The molecule has 1 saturated carbocycles. The smallest absolute Gasteiger partial charge is 0.274 e. The maximum absolute atomic E-state index is 15.2. The van der Waals surface area contributed by atoms with Gasteiger partial charge in [-0.3, -0.25) is 4.79 Å². The van der Waals surface area contributed by atoms with Crippen LogP contribution in [0.15, 0.2) is 42.5 Å². The van der Waals surface area contributed by atoms with Crippen molar-refractivity contribution < 1.29 is 13.6 Å². The van der Waals surface area contributed by atoms with E-state index in [1.165, 1.54) is 22.9 Å². The van der Waals surface area contributed by atoms with E-state index in [9.17, 15) is 9.18 Å². The highest BCUT2D eigenvalue weighted by atomic mass is 19.1. The van der Waals surface area contributed by atoms with Gasteiger partial charge in [0, 0.05) is 24.7 Å². The van der Waals surface area contributed by atoms with Crippen LogP contribution in [0.4, 0.5) is 8.78 Å². The number of nitriles is 1. The summed E-state index contributed by atoms with van der Waals surface area (Å²) in [6.07, 6.45) is 2.93. The fourth-order valence-corrected chi connectivity index (χ4v) is 4.73. The maximum atomic E-state index is 15.2. The van der Waals surface area contributed by atoms with Gasteiger partial charge in [-0.1, -0.05) is 19.1 Å². The molecule has 2 atom stereocenters. The number of benzene rings is 2. The molecule has 1 saturated heterocycles. The van der Waals surface area contributed by atoms with Crippen LogP contribution in [0, 0.1) is 28.9 Å². The number of carbonyl (C=O) groups excluding carboxylic acids is 1. The van der Waals surface area contributed by atoms with Crippen LogP contribution in [0.2, 0.25) is 0 Å². The number of aromatic nitrogens is 2. The molecule has 0 radical (unpaired) electrons. The van der Waals surface area contributed by atoms with Gasteiger partial charge in [0.2, 0.25) is 0 Å². The van der Waals surface area contributed by atoms with Crippen molar-refractivity contribution in [1.29, 1.82) is 5.26 Å². The third kappa shape index (κ3) is 4.19. The summed E-state index contributed by atoms with van der Waals surface area (Å²) >= 11 is 0. The van der Waals surface area contributed by atoms with Gasteiger partial charge in [-0.25, -0.2) is 13.5 Å². The van der Waals surface area contributed by atoms with Crippen LogP contribution >= 0.6 is 0 Å². The minimum absolute atomic E-state index is 0.0950. The number of hydrogen-bond donors (Lipinski definition) is 1. The van der Waals surface area contributed by atoms with E-state index in [1.54, 1.807) is 29.2 Å². The molecule has 1 amide bonds. The SMILES string of the molecule is C[C@@H]1CC(N)CN(C(=O)c2cc(-c3ccc(C#N)c(F)c3)n(-c3ccc(C4CC4)cc3F)n2)C1. The fraction of sp³-hybridized carbons (Fsp3) is 0.346. The van der Waals surface area contributed by atoms with Gasteiger partial charge in [0.05, 0.1) is 11.3 Å². The average Bonchev–Trinajstić information content (AvgIpc) is 3.56. The largest absolute Gasteiger partial charge is 0.335 e. The molecule has 1 unspecified atom stereocenters. The first kappa shape index (κ1) is 22.2. The van der Waals surface area contributed by atoms with Gasteiger partial charge in [0.15, 0.2) is 5.69 Å². The summed E-state index contributed by atoms with van der Waals surface area (Å²) in [5.74, 6) is -0.812. The maximum Gasteiger partial charge on any atom is 0.274 e. The van der Waals surface area contributed by atoms with Gasteiger partial charge in [0.1, 0.15) is 23.4 Å². The lowest BCUT2D eigenvalue weighted by molar-refractivity contribution is 0.0654. The van der Waals surface area contributed by atoms with Crippen molar-refractivity contribution in [2.75, 3.05) is 13.1 Å². The molecule has 5 rings (SSSR count). The molecule has 2 aliphatic rings. The molecular weight excluding hydrogens is 436 g/mol. The highest BCUT2D eigenvalue weighted by molar-refractivity contribution is 5.94. The summed E-state index contributed by atoms with van der Waals surface area (Å²) in [5, 5.41) is 13.5. The average molecular weight is 462 g/mol. The van der Waals surface area contributed by atoms with Crippen LogP contribution in [0.1, 0.15) is 53.7 Å². The summed E-state index contributed by atoms with van der Waals surface area (Å²) in [4.78, 5) is 15.0. The summed E-state index contributed by atoms with van der Waals surface area (Å²) < 4.78 is 31.0. The minimum Gasteiger partial charge on any atom is -0.335 e. The quantitative estimate of drug-likeness (QED) is 0.625. The molecule has 2 heterocycles. The second-order valence-electron chi connectivity index (χ2n) is 9.43. The first-order valence-corrected chi connectivity index (χ1v) is 11.5. The first-order valence-electron chi connectivity index (χ1n) is 11.5. The standard InChI is InChI=1S/C26H25F2N5O/c1-15-8-20(30)14-32(13-15)26(34)23-11-25(18-4-5-19(12-29)21(27)10-18)33(31-23)24-7-6-17(9-22(24)28)16-2-3-16/h4-7,9-11,15-16,20H,2-3,8,13-14,30H2,1H3/t15-,20?/m1/s1. The van der Waals surface area contributed by atoms with Crippen molar-refractivity contribution >= 4 is 5.91 Å². The number of likely N-dealkylation sites (tertiary alicyclic amines) is 1. The lowest BCUT2D eigenvalue weighted by atomic mass is 9.96. The summed E-state index contributed by atoms with van der Waals surface area (Å²) in [5.41, 5.74) is 8.01. The summed E-state index contributed by atoms with van der Waals surface area (Å²) in [6, 6.07) is 12.4. The molecular formula is C26H25F2N5O. The van der Waals surface area contributed by atoms with Gasteiger partial charge in [-0.15, -0.1) is 0 Å². The highest BCUT2D eigenvalue weighted by Gasteiger charge is 2.30. The predicted molar refractivity (Wildman–Crippen MR) is 123 cm³/mol. The van der Waals surface area contributed by atoms with Crippen LogP contribution in [-0.2, 0) is 0 Å². The van der Waals surface area contributed by atoms with Crippen molar-refractivity contribution in [2.45, 2.75) is 38.1 Å². The van der Waals surface area contributed by atoms with Crippen molar-refractivity contribution in [1.82, 2.24) is 14.7 Å². The zero-order valence-electron chi connectivity index (χ0n) is 18.8. The Labute approximate surface area is 196 Å². The van der Waals surface area contributed by atoms with E-state index in [4.69, 9.17) is 11.0 Å². The van der Waals surface area contributed by atoms with E-state index in [-0.39, 0.29) is 34.8 Å². The molecule has 1 aliphatic carbocycles. The number of nitrogens with two attached hydrogens (primary N) is 1. The number of hydrogen-bond acceptors (Lipinski definition) is 4. The molecule has 8 heteroatoms. The molecule has 1 aromatic heterocycles. The molecule has 34 heavy (non-hydrogen) atoms. The number of carbonyl (C=O) groups is 1. The van der Waals surface area contributed by atoms with Crippen molar-refractivity contribution in [2.24, 2.45) is 11.7 Å². The number of nitrogens with zero attached hydrogens (tertiary/aromatic N) is 4. The molecule has 174 valence electrons. The molecule has 2 N–H and O–H groups in total. The Kier molecular flexibility index (Phi) is 5.66. The first-order chi connectivity index (χ1) is 16.3. The Morgan fingerprint density at radius 3 is 2.56 bits per heavy atom. The Hall–Kier alpha value is -3.57. The number of piperidine rings is 1. The molecule has 0 spiro atoms. The minimum atomic E-state index is -0.694. The van der Waals surface area contributed by atoms with Gasteiger partial charge >= 0.3 is 0 Å². The predicted octanol–water partition coefficient (Wildman–Crippen LogP) is 4.38. The van der Waals surface area contributed by atoms with E-state index < -0.39 is 11.6 Å². The Morgan fingerprint density at radius 2 is 1.91 bits per heavy atom. The zero-order valence-corrected chi connectivity index (χ0v) is 18.8. The molecule has 6 nitrogen and oxygen atoms in total. The van der Waals surface area contributed by atoms with E-state index in [1.807, 2.05) is 13.0 Å². The van der Waals surface area contributed by atoms with Crippen molar-refractivity contribution in [3.8, 4) is 23.0 Å². The lowest BCUT2D eigenvalue weighted by Gasteiger charge is -2.34. The number of halogens is 2. The van der Waals surface area contributed by atoms with Crippen molar-refractivity contribution in [3.05, 3.63) is 70.9 Å². The second-order valence-corrected chi connectivity index (χ2v) is 9.43. The van der Waals surface area contributed by atoms with Gasteiger partial charge < -0.3 is 10.6 Å². The van der Waals surface area contributed by atoms with Crippen LogP contribution in [0.5, 0.6) is 0 Å². The Morgan fingerprint density at radius 1 is 1.12 bits per heavy atom. The number of rotatable bonds is 4. The fourth-order valence-electron chi connectivity index (χ4n) is 4.73. The van der Waals surface area contributed by atoms with Crippen molar-refractivity contribution in [3.63, 3.8) is 0 Å². The summed E-state index contributed by atoms with van der Waals surface area (Å²) in [6.45, 7) is 3.02. The zero-order chi connectivity index (χ0) is 24.0. The van der Waals surface area contributed by atoms with Gasteiger partial charge in [-0.05, 0) is 67.0 Å². The third-order valence-electron chi connectivity index (χ3n) is 6.54. The lowest BCUT2D eigenvalue weighted by Crippen LogP contribution is -2.48. The number of amides is 1. The summed E-state index contributed by atoms with van der Waals surface area (Å²) in [7, 11) is 0. The second kappa shape index (κ2) is 8.65. The molecule has 2 aromatic carbocycles. The molecule has 1 aliphatic heterocycles. The third-order valence-corrected chi connectivity index (χ3v) is 6.54. The van der Waals surface area contributed by atoms with E-state index in [0.29, 0.717) is 30.3 Å². The molecule has 3 aromatic rings. The molecule has 0 bridgehead atoms. The van der Waals surface area contributed by atoms with Gasteiger partial charge in [-0.2, -0.15) is 10.4 Å². The monoisotopic (exact) mass is 461 g/mol. The molecule has 2 fully saturated rings. The van der Waals surface area contributed by atoms with E-state index >= 15 is 4.39 Å². The van der Waals surface area contributed by atoms with Crippen LogP contribution < -0.4 is 5.73 Å². The van der Waals surface area contributed by atoms with E-state index in [2.05, 4.69) is 5.10 Å². The normalized spacial score (nSPS) is 20.3. The van der Waals surface area contributed by atoms with Gasteiger partial charge in [0.25, 0.3) is 5.91 Å². The highest BCUT2D eigenvalue weighted by Crippen LogP contribution is 2.41. The Bertz CT molecular complexity index is 1300. The Balaban J connectivity index is 1.59. The van der Waals surface area contributed by atoms with Crippen LogP contribution in [-0.4, -0.2) is 39.7 Å². The van der Waals surface area contributed by atoms with Crippen LogP contribution in [0.3, 0.4) is 0 Å².